The minimum Gasteiger partial charge on any atom is -0.394 e. The van der Waals surface area contributed by atoms with E-state index in [-0.39, 0.29) is 18.9 Å². The molecule has 0 saturated carbocycles. The second-order valence-corrected chi connectivity index (χ2v) is 28.5. The summed E-state index contributed by atoms with van der Waals surface area (Å²) in [6.45, 7) is 2.69. The first kappa shape index (κ1) is 94.2. The van der Waals surface area contributed by atoms with E-state index >= 15 is 0 Å². The summed E-state index contributed by atoms with van der Waals surface area (Å²) in [5.41, 5.74) is 0. The zero-order valence-electron chi connectivity index (χ0n) is 64.3. The smallest absolute Gasteiger partial charge is 0.220 e. The van der Waals surface area contributed by atoms with Gasteiger partial charge in [0.05, 0.1) is 32.0 Å². The van der Waals surface area contributed by atoms with E-state index in [4.69, 9.17) is 18.9 Å². The molecular weight excluding hydrogens is 1280 g/mol. The minimum atomic E-state index is -1.80. The maximum Gasteiger partial charge on any atom is 0.220 e. The Balaban J connectivity index is 1.64. The van der Waals surface area contributed by atoms with Gasteiger partial charge in [0.1, 0.15) is 48.8 Å². The highest BCUT2D eigenvalue weighted by atomic mass is 16.7. The van der Waals surface area contributed by atoms with Crippen molar-refractivity contribution in [2.75, 3.05) is 19.8 Å². The number of nitrogens with one attached hydrogen (secondary N) is 1. The molecule has 1 amide bonds. The number of allylic oxidation sites excluding steroid dienone is 21. The Labute approximate surface area is 621 Å². The third-order valence-corrected chi connectivity index (χ3v) is 19.3. The third kappa shape index (κ3) is 52.2. The summed E-state index contributed by atoms with van der Waals surface area (Å²) in [5, 5.41) is 87.7. The Hall–Kier alpha value is -3.87. The van der Waals surface area contributed by atoms with Gasteiger partial charge in [0, 0.05) is 6.42 Å². The largest absolute Gasteiger partial charge is 0.394 e. The lowest BCUT2D eigenvalue weighted by atomic mass is 9.97. The van der Waals surface area contributed by atoms with Gasteiger partial charge in [0.2, 0.25) is 5.91 Å². The SMILES string of the molecule is CC/C=C\C/C=C\C/C=C\C/C=C\C/C=C\C/C=C\C/C=C\C/C=C\CCCCCCCCCCCCCCC(=O)NC(COC1OC(CO)C(OC2OC(CO)C(O)C(O)C2O)C(O)C1O)C(O)/C=C/CC/C=C/CC/C=C/CCCCCCCCCCCCCCCCCCCCCCC. The van der Waals surface area contributed by atoms with Crippen LogP contribution in [0.4, 0.5) is 0 Å². The third-order valence-electron chi connectivity index (χ3n) is 19.3. The quantitative estimate of drug-likeness (QED) is 0.0204. The highest BCUT2D eigenvalue weighted by Gasteiger charge is 2.51. The molecule has 2 heterocycles. The molecule has 0 aromatic carbocycles. The molecule has 12 unspecified atom stereocenters. The summed E-state index contributed by atoms with van der Waals surface area (Å²) in [6, 6.07) is -0.950. The van der Waals surface area contributed by atoms with E-state index in [9.17, 15) is 45.6 Å². The van der Waals surface area contributed by atoms with Crippen molar-refractivity contribution < 1.29 is 64.6 Å². The second kappa shape index (κ2) is 70.1. The van der Waals surface area contributed by atoms with Crippen LogP contribution in [-0.2, 0) is 23.7 Å². The average molecular weight is 1430 g/mol. The number of carbonyl (C=O) groups is 1. The molecule has 2 rings (SSSR count). The molecule has 0 spiro atoms. The van der Waals surface area contributed by atoms with Crippen molar-refractivity contribution >= 4 is 5.91 Å². The molecule has 0 aromatic rings. The summed E-state index contributed by atoms with van der Waals surface area (Å²) in [4.78, 5) is 13.4. The Kier molecular flexibility index (Phi) is 64.8. The van der Waals surface area contributed by atoms with E-state index in [1.54, 1.807) is 6.08 Å². The van der Waals surface area contributed by atoms with Gasteiger partial charge < -0.3 is 65.1 Å². The van der Waals surface area contributed by atoms with Gasteiger partial charge in [-0.1, -0.05) is 340 Å². The van der Waals surface area contributed by atoms with Crippen LogP contribution in [0.3, 0.4) is 0 Å². The predicted molar refractivity (Wildman–Crippen MR) is 424 cm³/mol. The van der Waals surface area contributed by atoms with Crippen molar-refractivity contribution in [1.82, 2.24) is 5.32 Å². The van der Waals surface area contributed by atoms with E-state index < -0.39 is 86.8 Å². The molecule has 2 aliphatic rings. The standard InChI is InChI=1S/C88H151NO13/c1-3-5-7-9-11-13-15-17-19-21-23-25-27-29-31-33-35-36-37-38-39-40-42-44-46-48-50-52-54-56-58-60-62-64-66-68-70-72-80(93)89-76(75-99-87-85(98)83(96)86(79(74-91)101-87)102-88-84(97)82(95)81(94)78(73-90)100-88)77(92)71-69-67-65-63-61-59-57-55-53-51-49-47-45-43-41-34-32-30-28-26-24-22-20-18-16-14-12-10-8-6-4-2/h5,7,11,13,17,19,23,25,29,31,35-36,38-39,42,44,53,55,61,63,69,71,76-79,81-88,90-92,94-98H,3-4,6,8-10,12,14-16,18,20-22,24,26-28,30,32-34,37,40-41,43,45-52,54,56-60,62,64-68,70,72-75H2,1-2H3,(H,89,93)/b7-5-,13-11-,19-17-,25-23-,31-29-,36-35-,39-38-,44-42-,55-53+,63-61+,71-69+. The number of aliphatic hydroxyl groups excluding tert-OH is 8. The van der Waals surface area contributed by atoms with Crippen LogP contribution in [0.15, 0.2) is 134 Å². The number of aliphatic hydroxyl groups is 8. The fraction of sp³-hybridized carbons (Fsp3) is 0.739. The van der Waals surface area contributed by atoms with Gasteiger partial charge in [-0.15, -0.1) is 0 Å². The zero-order valence-corrected chi connectivity index (χ0v) is 64.3. The van der Waals surface area contributed by atoms with E-state index in [1.807, 2.05) is 6.08 Å². The summed E-state index contributed by atoms with van der Waals surface area (Å²) < 4.78 is 22.9. The van der Waals surface area contributed by atoms with Gasteiger partial charge in [0.25, 0.3) is 0 Å². The molecule has 102 heavy (non-hydrogen) atoms. The maximum absolute atomic E-state index is 13.4. The minimum absolute atomic E-state index is 0.258. The van der Waals surface area contributed by atoms with Crippen LogP contribution in [0.1, 0.15) is 322 Å². The second-order valence-electron chi connectivity index (χ2n) is 28.5. The Morgan fingerprint density at radius 2 is 0.686 bits per heavy atom. The monoisotopic (exact) mass is 1430 g/mol. The lowest BCUT2D eigenvalue weighted by Crippen LogP contribution is -2.65. The first-order chi connectivity index (χ1) is 50.1. The molecule has 14 nitrogen and oxygen atoms in total. The fourth-order valence-corrected chi connectivity index (χ4v) is 12.8. The number of amides is 1. The number of hydrogen-bond acceptors (Lipinski definition) is 13. The van der Waals surface area contributed by atoms with E-state index in [1.165, 1.54) is 186 Å². The molecule has 0 bridgehead atoms. The summed E-state index contributed by atoms with van der Waals surface area (Å²) in [6.07, 6.45) is 88.2. The summed E-state index contributed by atoms with van der Waals surface area (Å²) >= 11 is 0. The van der Waals surface area contributed by atoms with Gasteiger partial charge in [-0.05, 0) is 109 Å². The molecule has 14 heteroatoms. The molecule has 12 atom stereocenters. The van der Waals surface area contributed by atoms with E-state index in [2.05, 4.69) is 141 Å². The van der Waals surface area contributed by atoms with Crippen LogP contribution in [0.2, 0.25) is 0 Å². The molecule has 2 aliphatic heterocycles. The molecule has 0 aliphatic carbocycles. The van der Waals surface area contributed by atoms with Crippen LogP contribution >= 0.6 is 0 Å². The summed E-state index contributed by atoms with van der Waals surface area (Å²) in [7, 11) is 0. The van der Waals surface area contributed by atoms with E-state index in [0.29, 0.717) is 12.8 Å². The Morgan fingerprint density at radius 1 is 0.363 bits per heavy atom. The predicted octanol–water partition coefficient (Wildman–Crippen LogP) is 19.4. The molecule has 2 fully saturated rings. The first-order valence-electron chi connectivity index (χ1n) is 41.4. The topological polar surface area (TPSA) is 228 Å². The van der Waals surface area contributed by atoms with Crippen molar-refractivity contribution in [1.29, 1.82) is 0 Å². The highest BCUT2D eigenvalue weighted by Crippen LogP contribution is 2.30. The van der Waals surface area contributed by atoms with Crippen molar-refractivity contribution in [2.24, 2.45) is 0 Å². The van der Waals surface area contributed by atoms with Crippen LogP contribution in [0.5, 0.6) is 0 Å². The van der Waals surface area contributed by atoms with Gasteiger partial charge in [0.15, 0.2) is 12.6 Å². The Morgan fingerprint density at radius 3 is 1.08 bits per heavy atom. The number of unbranched alkanes of at least 4 members (excludes halogenated alkanes) is 35. The van der Waals surface area contributed by atoms with Crippen LogP contribution in [-0.4, -0.2) is 140 Å². The lowest BCUT2D eigenvalue weighted by Gasteiger charge is -2.46. The molecule has 0 radical (unpaired) electrons. The molecule has 9 N–H and O–H groups in total. The average Bonchev–Trinajstić information content (AvgIpc) is 0.790. The number of rotatable bonds is 68. The molecular formula is C88H151NO13. The normalized spacial score (nSPS) is 22.4. The number of ether oxygens (including phenoxy) is 4. The lowest BCUT2D eigenvalue weighted by molar-refractivity contribution is -0.359. The zero-order chi connectivity index (χ0) is 73.7. The van der Waals surface area contributed by atoms with Crippen LogP contribution < -0.4 is 5.32 Å². The van der Waals surface area contributed by atoms with Crippen molar-refractivity contribution in [3.63, 3.8) is 0 Å². The van der Waals surface area contributed by atoms with Gasteiger partial charge in [-0.3, -0.25) is 4.79 Å². The number of hydrogen-bond donors (Lipinski definition) is 9. The van der Waals surface area contributed by atoms with Gasteiger partial charge >= 0.3 is 0 Å². The highest BCUT2D eigenvalue weighted by molar-refractivity contribution is 5.76. The van der Waals surface area contributed by atoms with E-state index in [0.717, 1.165) is 103 Å². The molecule has 586 valence electrons. The first-order valence-corrected chi connectivity index (χ1v) is 41.4. The summed E-state index contributed by atoms with van der Waals surface area (Å²) in [5.74, 6) is -0.258. The Bertz CT molecular complexity index is 2230. The van der Waals surface area contributed by atoms with Crippen molar-refractivity contribution in [2.45, 2.75) is 396 Å². The molecule has 0 aromatic heterocycles. The molecule has 2 saturated heterocycles. The van der Waals surface area contributed by atoms with Gasteiger partial charge in [-0.2, -0.15) is 0 Å². The van der Waals surface area contributed by atoms with Crippen molar-refractivity contribution in [3.05, 3.63) is 134 Å². The fourth-order valence-electron chi connectivity index (χ4n) is 12.8. The van der Waals surface area contributed by atoms with Gasteiger partial charge in [-0.25, -0.2) is 0 Å². The van der Waals surface area contributed by atoms with Crippen LogP contribution in [0, 0.1) is 0 Å². The maximum atomic E-state index is 13.4. The number of carbonyl (C=O) groups excluding carboxylic acids is 1. The van der Waals surface area contributed by atoms with Crippen molar-refractivity contribution in [3.8, 4) is 0 Å². The van der Waals surface area contributed by atoms with Crippen LogP contribution in [0.25, 0.3) is 0 Å².